The molecule has 0 bridgehead atoms. The van der Waals surface area contributed by atoms with Gasteiger partial charge in [0.1, 0.15) is 5.65 Å². The van der Waals surface area contributed by atoms with Gasteiger partial charge in [0.05, 0.1) is 11.9 Å². The predicted octanol–water partition coefficient (Wildman–Crippen LogP) is 1.67. The van der Waals surface area contributed by atoms with Crippen molar-refractivity contribution in [2.75, 3.05) is 18.0 Å². The smallest absolute Gasteiger partial charge is 0.293 e. The summed E-state index contributed by atoms with van der Waals surface area (Å²) in [7, 11) is 0. The van der Waals surface area contributed by atoms with E-state index in [4.69, 9.17) is 0 Å². The minimum absolute atomic E-state index is 0.00661. The number of nitrogens with one attached hydrogen (secondary N) is 1. The number of nitrogens with zero attached hydrogens (tertiary/aromatic N) is 5. The average Bonchev–Trinajstić information content (AvgIpc) is 3.10. The third kappa shape index (κ3) is 3.22. The number of pyridine rings is 1. The highest BCUT2D eigenvalue weighted by Crippen LogP contribution is 2.15. The number of rotatable bonds is 5. The van der Waals surface area contributed by atoms with Crippen LogP contribution in [0.1, 0.15) is 25.5 Å². The highest BCUT2D eigenvalue weighted by molar-refractivity contribution is 5.40. The number of imidazole rings is 1. The second-order valence-electron chi connectivity index (χ2n) is 6.66. The molecule has 0 amide bonds. The lowest BCUT2D eigenvalue weighted by Gasteiger charge is -2.32. The Bertz CT molecular complexity index is 938. The van der Waals surface area contributed by atoms with Crippen LogP contribution in [0, 0.1) is 0 Å². The van der Waals surface area contributed by atoms with E-state index >= 15 is 0 Å². The van der Waals surface area contributed by atoms with E-state index in [0.717, 1.165) is 38.1 Å². The summed E-state index contributed by atoms with van der Waals surface area (Å²) in [6.45, 7) is 5.14. The van der Waals surface area contributed by atoms with Gasteiger partial charge in [0, 0.05) is 50.8 Å². The van der Waals surface area contributed by atoms with Gasteiger partial charge in [-0.25, -0.2) is 9.97 Å². The maximum atomic E-state index is 12.4. The molecule has 1 aliphatic heterocycles. The molecule has 0 radical (unpaired) electrons. The monoisotopic (exact) mass is 352 g/mol. The van der Waals surface area contributed by atoms with Crippen LogP contribution in [0.2, 0.25) is 0 Å². The predicted molar refractivity (Wildman–Crippen MR) is 101 cm³/mol. The summed E-state index contributed by atoms with van der Waals surface area (Å²) >= 11 is 0. The van der Waals surface area contributed by atoms with Crippen LogP contribution in [-0.4, -0.2) is 38.1 Å². The van der Waals surface area contributed by atoms with E-state index < -0.39 is 0 Å². The molecule has 4 heterocycles. The first-order valence-electron chi connectivity index (χ1n) is 9.21. The normalized spacial score (nSPS) is 15.7. The first kappa shape index (κ1) is 16.8. The lowest BCUT2D eigenvalue weighted by molar-refractivity contribution is 0.409. The zero-order valence-electron chi connectivity index (χ0n) is 15.0. The van der Waals surface area contributed by atoms with Crippen molar-refractivity contribution < 1.29 is 0 Å². The Morgan fingerprint density at radius 2 is 2.04 bits per heavy atom. The van der Waals surface area contributed by atoms with Crippen LogP contribution in [-0.2, 0) is 13.1 Å². The van der Waals surface area contributed by atoms with E-state index in [1.807, 2.05) is 37.5 Å². The third-order valence-corrected chi connectivity index (χ3v) is 5.10. The molecule has 3 aromatic rings. The van der Waals surface area contributed by atoms with Crippen LogP contribution in [0.25, 0.3) is 5.65 Å². The first-order chi connectivity index (χ1) is 12.8. The lowest BCUT2D eigenvalue weighted by Crippen LogP contribution is -2.44. The van der Waals surface area contributed by atoms with Crippen LogP contribution >= 0.6 is 0 Å². The molecular weight excluding hydrogens is 328 g/mol. The Balaban J connectivity index is 1.36. The zero-order valence-corrected chi connectivity index (χ0v) is 15.0. The maximum Gasteiger partial charge on any atom is 0.293 e. The molecule has 0 aliphatic carbocycles. The molecule has 26 heavy (non-hydrogen) atoms. The molecule has 136 valence electrons. The first-order valence-corrected chi connectivity index (χ1v) is 9.21. The fourth-order valence-electron chi connectivity index (χ4n) is 3.56. The number of hydrogen-bond donors (Lipinski definition) is 1. The van der Waals surface area contributed by atoms with Crippen LogP contribution in [0.3, 0.4) is 0 Å². The highest BCUT2D eigenvalue weighted by Gasteiger charge is 2.22. The van der Waals surface area contributed by atoms with Crippen LogP contribution in [0.5, 0.6) is 0 Å². The Morgan fingerprint density at radius 3 is 2.85 bits per heavy atom. The third-order valence-electron chi connectivity index (χ3n) is 5.10. The summed E-state index contributed by atoms with van der Waals surface area (Å²) in [5, 5.41) is 3.63. The summed E-state index contributed by atoms with van der Waals surface area (Å²) in [6.07, 6.45) is 9.43. The van der Waals surface area contributed by atoms with Gasteiger partial charge in [-0.05, 0) is 31.9 Å². The van der Waals surface area contributed by atoms with Crippen LogP contribution in [0.4, 0.5) is 5.82 Å². The minimum Gasteiger partial charge on any atom is -0.352 e. The summed E-state index contributed by atoms with van der Waals surface area (Å²) in [6, 6.07) is 6.47. The van der Waals surface area contributed by atoms with Crippen molar-refractivity contribution in [3.63, 3.8) is 0 Å². The zero-order chi connectivity index (χ0) is 17.9. The molecule has 4 rings (SSSR count). The SMILES string of the molecule is CCn1ccnc(N2CCC(NCc3cnc4ccccn34)CC2)c1=O. The largest absolute Gasteiger partial charge is 0.352 e. The fourth-order valence-corrected chi connectivity index (χ4v) is 3.56. The molecule has 0 aromatic carbocycles. The van der Waals surface area contributed by atoms with Crippen molar-refractivity contribution >= 4 is 11.5 Å². The number of hydrogen-bond acceptors (Lipinski definition) is 5. The quantitative estimate of drug-likeness (QED) is 0.757. The molecule has 1 N–H and O–H groups in total. The molecule has 7 heteroatoms. The number of aryl methyl sites for hydroxylation is 1. The van der Waals surface area contributed by atoms with Crippen LogP contribution in [0.15, 0.2) is 47.8 Å². The second-order valence-corrected chi connectivity index (χ2v) is 6.66. The van der Waals surface area contributed by atoms with Crippen LogP contribution < -0.4 is 15.8 Å². The summed E-state index contributed by atoms with van der Waals surface area (Å²) in [5.41, 5.74) is 2.15. The minimum atomic E-state index is 0.00661. The molecule has 0 unspecified atom stereocenters. The van der Waals surface area contributed by atoms with E-state index in [9.17, 15) is 4.79 Å². The topological polar surface area (TPSA) is 67.5 Å². The Morgan fingerprint density at radius 1 is 1.19 bits per heavy atom. The van der Waals surface area contributed by atoms with E-state index in [0.29, 0.717) is 18.4 Å². The maximum absolute atomic E-state index is 12.4. The molecular formula is C19H24N6O. The van der Waals surface area contributed by atoms with Gasteiger partial charge in [-0.2, -0.15) is 0 Å². The molecule has 0 atom stereocenters. The number of aromatic nitrogens is 4. The summed E-state index contributed by atoms with van der Waals surface area (Å²) < 4.78 is 3.82. The Labute approximate surface area is 152 Å². The molecule has 7 nitrogen and oxygen atoms in total. The van der Waals surface area contributed by atoms with Crippen molar-refractivity contribution in [3.8, 4) is 0 Å². The number of piperidine rings is 1. The van der Waals surface area contributed by atoms with Crippen molar-refractivity contribution in [1.29, 1.82) is 0 Å². The van der Waals surface area contributed by atoms with Gasteiger partial charge in [0.15, 0.2) is 5.82 Å². The van der Waals surface area contributed by atoms with Crippen molar-refractivity contribution in [2.45, 2.75) is 38.9 Å². The fraction of sp³-hybridized carbons (Fsp3) is 0.421. The van der Waals surface area contributed by atoms with E-state index in [1.54, 1.807) is 17.0 Å². The van der Waals surface area contributed by atoms with Gasteiger partial charge < -0.3 is 19.2 Å². The second kappa shape index (κ2) is 7.29. The van der Waals surface area contributed by atoms with Crippen molar-refractivity contribution in [2.24, 2.45) is 0 Å². The molecule has 1 saturated heterocycles. The Kier molecular flexibility index (Phi) is 4.71. The van der Waals surface area contributed by atoms with Gasteiger partial charge in [-0.15, -0.1) is 0 Å². The number of anilines is 1. The van der Waals surface area contributed by atoms with Gasteiger partial charge in [0.2, 0.25) is 0 Å². The van der Waals surface area contributed by atoms with Gasteiger partial charge >= 0.3 is 0 Å². The Hall–Kier alpha value is -2.67. The van der Waals surface area contributed by atoms with Crippen molar-refractivity contribution in [3.05, 3.63) is 59.0 Å². The lowest BCUT2D eigenvalue weighted by atomic mass is 10.1. The highest BCUT2D eigenvalue weighted by atomic mass is 16.1. The van der Waals surface area contributed by atoms with Crippen molar-refractivity contribution in [1.82, 2.24) is 24.3 Å². The standard InChI is InChI=1S/C19H24N6O/c1-2-23-12-8-20-18(19(23)26)24-10-6-15(7-11-24)21-13-16-14-22-17-5-3-4-9-25(16)17/h3-5,8-9,12,14-15,21H,2,6-7,10-11,13H2,1H3. The van der Waals surface area contributed by atoms with Gasteiger partial charge in [0.25, 0.3) is 5.56 Å². The van der Waals surface area contributed by atoms with Gasteiger partial charge in [-0.1, -0.05) is 6.07 Å². The molecule has 1 aliphatic rings. The average molecular weight is 352 g/mol. The molecule has 0 spiro atoms. The van der Waals surface area contributed by atoms with E-state index in [2.05, 4.69) is 24.6 Å². The summed E-state index contributed by atoms with van der Waals surface area (Å²) in [5.74, 6) is 0.578. The van der Waals surface area contributed by atoms with E-state index in [-0.39, 0.29) is 5.56 Å². The molecule has 3 aromatic heterocycles. The van der Waals surface area contributed by atoms with E-state index in [1.165, 1.54) is 5.69 Å². The molecule has 1 fully saturated rings. The summed E-state index contributed by atoms with van der Waals surface area (Å²) in [4.78, 5) is 23.3. The van der Waals surface area contributed by atoms with Gasteiger partial charge in [-0.3, -0.25) is 4.79 Å². The number of fused-ring (bicyclic) bond motifs is 1. The molecule has 0 saturated carbocycles.